The molecule has 0 amide bonds. The molecule has 0 saturated heterocycles. The van der Waals surface area contributed by atoms with E-state index in [1.807, 2.05) is 30.3 Å². The van der Waals surface area contributed by atoms with E-state index >= 15 is 0 Å². The largest absolute Gasteiger partial charge is 0.454 e. The van der Waals surface area contributed by atoms with Crippen molar-refractivity contribution in [3.05, 3.63) is 182 Å². The minimum atomic E-state index is 0.603. The van der Waals surface area contributed by atoms with Crippen molar-refractivity contribution in [3.8, 4) is 17.2 Å². The minimum absolute atomic E-state index is 0.603. The van der Waals surface area contributed by atoms with E-state index in [9.17, 15) is 0 Å². The highest BCUT2D eigenvalue weighted by atomic mass is 16.3. The number of fused-ring (bicyclic) bond motifs is 11. The van der Waals surface area contributed by atoms with Gasteiger partial charge in [0.15, 0.2) is 5.58 Å². The Kier molecular flexibility index (Phi) is 6.48. The molecule has 5 heteroatoms. The van der Waals surface area contributed by atoms with Crippen LogP contribution in [0.25, 0.3) is 82.6 Å². The van der Waals surface area contributed by atoms with Crippen molar-refractivity contribution < 1.29 is 4.42 Å². The SMILES string of the molecule is c1ccc(-c2nc(-n3c4ccccc4c4c5ccccc5c5c6ccc(N(c7ccccc7)c7ccccc7)cc6oc5c43)nc3ccccc23)cc1. The van der Waals surface area contributed by atoms with Gasteiger partial charge in [-0.1, -0.05) is 127 Å². The Bertz CT molecular complexity index is 3130. The lowest BCUT2D eigenvalue weighted by Crippen LogP contribution is -2.09. The van der Waals surface area contributed by atoms with Gasteiger partial charge in [0.05, 0.1) is 16.7 Å². The van der Waals surface area contributed by atoms with Crippen molar-refractivity contribution >= 4 is 82.5 Å². The molecular formula is C48H30N4O. The van der Waals surface area contributed by atoms with Crippen LogP contribution in [0.5, 0.6) is 0 Å². The van der Waals surface area contributed by atoms with Crippen LogP contribution in [0.4, 0.5) is 17.1 Å². The van der Waals surface area contributed by atoms with Crippen molar-refractivity contribution in [2.45, 2.75) is 0 Å². The number of hydrogen-bond acceptors (Lipinski definition) is 4. The molecule has 0 aliphatic carbocycles. The minimum Gasteiger partial charge on any atom is -0.454 e. The van der Waals surface area contributed by atoms with Crippen LogP contribution >= 0.6 is 0 Å². The van der Waals surface area contributed by atoms with Crippen molar-refractivity contribution in [3.63, 3.8) is 0 Å². The third-order valence-corrected chi connectivity index (χ3v) is 10.4. The maximum atomic E-state index is 7.13. The average Bonchev–Trinajstić information content (AvgIpc) is 3.78. The van der Waals surface area contributed by atoms with Crippen molar-refractivity contribution in [1.82, 2.24) is 14.5 Å². The summed E-state index contributed by atoms with van der Waals surface area (Å²) >= 11 is 0. The van der Waals surface area contributed by atoms with Crippen LogP contribution in [0.1, 0.15) is 0 Å². The number of anilines is 3. The normalized spacial score (nSPS) is 11.8. The molecule has 0 spiro atoms. The fraction of sp³-hybridized carbons (Fsp3) is 0. The first-order valence-corrected chi connectivity index (χ1v) is 17.8. The summed E-state index contributed by atoms with van der Waals surface area (Å²) in [5, 5.41) is 7.71. The maximum Gasteiger partial charge on any atom is 0.235 e. The average molecular weight is 679 g/mol. The molecular weight excluding hydrogens is 649 g/mol. The van der Waals surface area contributed by atoms with E-state index in [0.29, 0.717) is 5.95 Å². The topological polar surface area (TPSA) is 47.1 Å². The first-order chi connectivity index (χ1) is 26.3. The molecule has 5 nitrogen and oxygen atoms in total. The Balaban J connectivity index is 1.26. The molecule has 3 heterocycles. The van der Waals surface area contributed by atoms with Crippen molar-refractivity contribution in [2.75, 3.05) is 4.90 Å². The number of nitrogens with zero attached hydrogens (tertiary/aromatic N) is 4. The fourth-order valence-corrected chi connectivity index (χ4v) is 8.09. The molecule has 0 aliphatic heterocycles. The van der Waals surface area contributed by atoms with Crippen LogP contribution in [0.3, 0.4) is 0 Å². The lowest BCUT2D eigenvalue weighted by molar-refractivity contribution is 0.671. The van der Waals surface area contributed by atoms with E-state index in [2.05, 4.69) is 161 Å². The predicted molar refractivity (Wildman–Crippen MR) is 219 cm³/mol. The molecule has 248 valence electrons. The van der Waals surface area contributed by atoms with Gasteiger partial charge in [-0.15, -0.1) is 0 Å². The van der Waals surface area contributed by atoms with Crippen LogP contribution in [-0.2, 0) is 0 Å². The number of furan rings is 1. The highest BCUT2D eigenvalue weighted by Crippen LogP contribution is 2.47. The molecule has 11 rings (SSSR count). The zero-order valence-electron chi connectivity index (χ0n) is 28.5. The van der Waals surface area contributed by atoms with Gasteiger partial charge in [0.2, 0.25) is 5.95 Å². The number of benzene rings is 8. The van der Waals surface area contributed by atoms with E-state index in [-0.39, 0.29) is 0 Å². The van der Waals surface area contributed by atoms with E-state index in [1.54, 1.807) is 0 Å². The summed E-state index contributed by atoms with van der Waals surface area (Å²) in [6.45, 7) is 0. The molecule has 8 aromatic carbocycles. The predicted octanol–water partition coefficient (Wildman–Crippen LogP) is 12.9. The van der Waals surface area contributed by atoms with Crippen molar-refractivity contribution in [2.24, 2.45) is 0 Å². The molecule has 53 heavy (non-hydrogen) atoms. The third-order valence-electron chi connectivity index (χ3n) is 10.4. The van der Waals surface area contributed by atoms with E-state index in [4.69, 9.17) is 14.4 Å². The van der Waals surface area contributed by atoms with Gasteiger partial charge in [0, 0.05) is 55.6 Å². The van der Waals surface area contributed by atoms with Gasteiger partial charge >= 0.3 is 0 Å². The zero-order chi connectivity index (χ0) is 34.9. The first-order valence-electron chi connectivity index (χ1n) is 17.8. The lowest BCUT2D eigenvalue weighted by Gasteiger charge is -2.25. The van der Waals surface area contributed by atoms with Gasteiger partial charge < -0.3 is 9.32 Å². The van der Waals surface area contributed by atoms with Gasteiger partial charge in [-0.2, -0.15) is 0 Å². The second-order valence-corrected chi connectivity index (χ2v) is 13.4. The Morgan fingerprint density at radius 2 is 1.04 bits per heavy atom. The van der Waals surface area contributed by atoms with Gasteiger partial charge in [0.1, 0.15) is 11.1 Å². The van der Waals surface area contributed by atoms with Gasteiger partial charge in [0.25, 0.3) is 0 Å². The maximum absolute atomic E-state index is 7.13. The Hall–Kier alpha value is -7.24. The van der Waals surface area contributed by atoms with Crippen LogP contribution in [0.15, 0.2) is 186 Å². The Morgan fingerprint density at radius 1 is 0.453 bits per heavy atom. The first kappa shape index (κ1) is 29.5. The monoisotopic (exact) mass is 678 g/mol. The standard InChI is InChI=1S/C48H30N4O/c1-4-16-31(17-5-1)45-37-24-12-14-26-40(37)49-48(50-45)52-41-27-15-13-25-38(41)43-35-22-10-11-23-36(35)44-39-29-28-34(30-42(39)53-47(44)46(43)52)51(32-18-6-2-7-19-32)33-20-8-3-9-21-33/h1-30H. The number of rotatable bonds is 5. The molecule has 0 bridgehead atoms. The highest BCUT2D eigenvalue weighted by molar-refractivity contribution is 6.35. The smallest absolute Gasteiger partial charge is 0.235 e. The summed E-state index contributed by atoms with van der Waals surface area (Å²) in [6.07, 6.45) is 0. The molecule has 0 aliphatic rings. The molecule has 0 unspecified atom stereocenters. The summed E-state index contributed by atoms with van der Waals surface area (Å²) in [7, 11) is 0. The number of para-hydroxylation sites is 4. The molecule has 0 saturated carbocycles. The molecule has 0 fully saturated rings. The number of hydrogen-bond donors (Lipinski definition) is 0. The molecule has 0 atom stereocenters. The fourth-order valence-electron chi connectivity index (χ4n) is 8.09. The Labute approximate surface area is 304 Å². The third kappa shape index (κ3) is 4.51. The summed E-state index contributed by atoms with van der Waals surface area (Å²) < 4.78 is 9.34. The van der Waals surface area contributed by atoms with E-state index in [0.717, 1.165) is 93.7 Å². The summed E-state index contributed by atoms with van der Waals surface area (Å²) in [5.74, 6) is 0.603. The Morgan fingerprint density at radius 3 is 1.75 bits per heavy atom. The van der Waals surface area contributed by atoms with Crippen LogP contribution < -0.4 is 4.90 Å². The quantitative estimate of drug-likeness (QED) is 0.182. The zero-order valence-corrected chi connectivity index (χ0v) is 28.5. The molecule has 0 N–H and O–H groups in total. The molecule has 11 aromatic rings. The summed E-state index contributed by atoms with van der Waals surface area (Å²) in [4.78, 5) is 12.9. The lowest BCUT2D eigenvalue weighted by atomic mass is 9.98. The molecule has 0 radical (unpaired) electrons. The van der Waals surface area contributed by atoms with Crippen molar-refractivity contribution in [1.29, 1.82) is 0 Å². The summed E-state index contributed by atoms with van der Waals surface area (Å²) in [6, 6.07) is 63.4. The van der Waals surface area contributed by atoms with Crippen LogP contribution in [0, 0.1) is 0 Å². The molecule has 3 aromatic heterocycles. The van der Waals surface area contributed by atoms with Gasteiger partial charge in [-0.3, -0.25) is 4.57 Å². The second kappa shape index (κ2) is 11.7. The van der Waals surface area contributed by atoms with Crippen LogP contribution in [-0.4, -0.2) is 14.5 Å². The van der Waals surface area contributed by atoms with Gasteiger partial charge in [-0.25, -0.2) is 9.97 Å². The number of aromatic nitrogens is 3. The highest BCUT2D eigenvalue weighted by Gasteiger charge is 2.25. The van der Waals surface area contributed by atoms with Crippen LogP contribution in [0.2, 0.25) is 0 Å². The van der Waals surface area contributed by atoms with E-state index < -0.39 is 0 Å². The van der Waals surface area contributed by atoms with Gasteiger partial charge in [-0.05, 0) is 59.3 Å². The summed E-state index contributed by atoms with van der Waals surface area (Å²) in [5.41, 5.74) is 9.58. The van der Waals surface area contributed by atoms with E-state index in [1.165, 1.54) is 0 Å². The second-order valence-electron chi connectivity index (χ2n) is 13.4.